The minimum Gasteiger partial charge on any atom is -0.497 e. The summed E-state index contributed by atoms with van der Waals surface area (Å²) in [5.41, 5.74) is -0.392. The molecule has 4 heteroatoms. The molecule has 4 saturated carbocycles. The van der Waals surface area contributed by atoms with Crippen molar-refractivity contribution in [2.75, 3.05) is 7.11 Å². The molecule has 2 nitrogen and oxygen atoms in total. The minimum atomic E-state index is -0.958. The quantitative estimate of drug-likeness (QED) is 0.644. The van der Waals surface area contributed by atoms with Crippen LogP contribution in [0.3, 0.4) is 0 Å². The fourth-order valence-electron chi connectivity index (χ4n) is 5.99. The molecule has 0 radical (unpaired) electrons. The molecule has 0 spiro atoms. The third-order valence-electron chi connectivity index (χ3n) is 6.47. The molecule has 0 aromatic heterocycles. The van der Waals surface area contributed by atoms with Crippen molar-refractivity contribution in [1.82, 2.24) is 0 Å². The number of hydrogen-bond donors (Lipinski definition) is 0. The van der Waals surface area contributed by atoms with E-state index < -0.39 is 5.67 Å². The Kier molecular flexibility index (Phi) is 3.91. The van der Waals surface area contributed by atoms with Gasteiger partial charge in [0.2, 0.25) is 0 Å². The Morgan fingerprint density at radius 2 is 2.00 bits per heavy atom. The van der Waals surface area contributed by atoms with Gasteiger partial charge in [-0.05, 0) is 80.4 Å². The van der Waals surface area contributed by atoms with Crippen molar-refractivity contribution in [3.05, 3.63) is 28.8 Å². The number of methoxy groups -OCH3 is 1. The van der Waals surface area contributed by atoms with E-state index in [1.165, 1.54) is 6.42 Å². The molecule has 4 aliphatic rings. The fourth-order valence-corrected chi connectivity index (χ4v) is 6.21. The predicted octanol–water partition coefficient (Wildman–Crippen LogP) is 5.62. The van der Waals surface area contributed by atoms with Crippen LogP contribution in [0.5, 0.6) is 5.75 Å². The lowest BCUT2D eigenvalue weighted by Gasteiger charge is -2.59. The minimum absolute atomic E-state index is 0.0415. The van der Waals surface area contributed by atoms with Crippen LogP contribution in [0.1, 0.15) is 61.7 Å². The third kappa shape index (κ3) is 2.85. The lowest BCUT2D eigenvalue weighted by molar-refractivity contribution is -0.125. The van der Waals surface area contributed by atoms with Crippen LogP contribution in [0.4, 0.5) is 4.39 Å². The average molecular weight is 351 g/mol. The summed E-state index contributed by atoms with van der Waals surface area (Å²) in [5, 5.41) is 0.466. The summed E-state index contributed by atoms with van der Waals surface area (Å²) in [6, 6.07) is 5.17. The number of carbonyl (C=O) groups is 1. The summed E-state index contributed by atoms with van der Waals surface area (Å²) in [4.78, 5) is 12.7. The highest BCUT2D eigenvalue weighted by molar-refractivity contribution is 6.34. The number of alkyl halides is 1. The Labute approximate surface area is 147 Å². The first-order chi connectivity index (χ1) is 11.4. The number of benzene rings is 1. The van der Waals surface area contributed by atoms with Crippen molar-refractivity contribution < 1.29 is 13.9 Å². The second-order valence-corrected chi connectivity index (χ2v) is 8.79. The second-order valence-electron chi connectivity index (χ2n) is 8.38. The Morgan fingerprint density at radius 1 is 1.29 bits per heavy atom. The summed E-state index contributed by atoms with van der Waals surface area (Å²) in [6.07, 6.45) is 6.81. The molecule has 2 unspecified atom stereocenters. The smallest absolute Gasteiger partial charge is 0.164 e. The van der Waals surface area contributed by atoms with E-state index in [4.69, 9.17) is 16.3 Å². The molecular weight excluding hydrogens is 327 g/mol. The maximum absolute atomic E-state index is 15.0. The number of ketones is 1. The largest absolute Gasteiger partial charge is 0.497 e. The molecule has 2 atom stereocenters. The molecule has 4 bridgehead atoms. The molecule has 0 aliphatic heterocycles. The number of rotatable bonds is 5. The van der Waals surface area contributed by atoms with Crippen LogP contribution >= 0.6 is 11.6 Å². The molecule has 0 N–H and O–H groups in total. The number of ether oxygens (including phenoxy) is 1. The van der Waals surface area contributed by atoms with Crippen molar-refractivity contribution in [3.8, 4) is 5.75 Å². The van der Waals surface area contributed by atoms with Crippen molar-refractivity contribution in [2.24, 2.45) is 17.3 Å². The van der Waals surface area contributed by atoms with Gasteiger partial charge in [-0.15, -0.1) is 0 Å². The van der Waals surface area contributed by atoms with Gasteiger partial charge in [0.25, 0.3) is 0 Å². The molecule has 0 saturated heterocycles. The molecule has 5 rings (SSSR count). The first kappa shape index (κ1) is 16.4. The SMILES string of the molecule is COc1ccc(Cl)c(C(=O)CCC23CC4CC(CC(F)(C4)C2)C3)c1. The van der Waals surface area contributed by atoms with Crippen LogP contribution < -0.4 is 4.74 Å². The van der Waals surface area contributed by atoms with Gasteiger partial charge in [-0.2, -0.15) is 0 Å². The second kappa shape index (κ2) is 5.72. The zero-order chi connectivity index (χ0) is 16.9. The first-order valence-corrected chi connectivity index (χ1v) is 9.34. The van der Waals surface area contributed by atoms with Crippen LogP contribution in [0, 0.1) is 17.3 Å². The van der Waals surface area contributed by atoms with E-state index >= 15 is 4.39 Å². The summed E-state index contributed by atoms with van der Waals surface area (Å²) >= 11 is 6.19. The standard InChI is InChI=1S/C20H24ClFO2/c1-24-15-2-3-17(21)16(7-15)18(23)4-5-19-8-13-6-14(9-19)11-20(22,10-13)12-19/h2-3,7,13-14H,4-6,8-12H2,1H3. The molecule has 4 aliphatic carbocycles. The van der Waals surface area contributed by atoms with Crippen LogP contribution in [-0.2, 0) is 0 Å². The molecule has 0 amide bonds. The van der Waals surface area contributed by atoms with Gasteiger partial charge in [-0.3, -0.25) is 4.79 Å². The summed E-state index contributed by atoms with van der Waals surface area (Å²) in [7, 11) is 1.58. The van der Waals surface area contributed by atoms with Gasteiger partial charge >= 0.3 is 0 Å². The molecule has 4 fully saturated rings. The number of Topliss-reactive ketones (excluding diaryl/α,β-unsaturated/α-hetero) is 1. The Balaban J connectivity index is 1.48. The van der Waals surface area contributed by atoms with E-state index in [-0.39, 0.29) is 11.2 Å². The Hall–Kier alpha value is -1.09. The van der Waals surface area contributed by atoms with E-state index in [1.807, 2.05) is 0 Å². The maximum atomic E-state index is 15.0. The van der Waals surface area contributed by atoms with E-state index in [9.17, 15) is 4.79 Å². The van der Waals surface area contributed by atoms with Gasteiger partial charge in [-0.25, -0.2) is 4.39 Å². The Bertz CT molecular complexity index is 658. The topological polar surface area (TPSA) is 26.3 Å². The maximum Gasteiger partial charge on any atom is 0.164 e. The van der Waals surface area contributed by atoms with Gasteiger partial charge in [0, 0.05) is 12.0 Å². The van der Waals surface area contributed by atoms with Crippen molar-refractivity contribution in [1.29, 1.82) is 0 Å². The molecule has 24 heavy (non-hydrogen) atoms. The van der Waals surface area contributed by atoms with Gasteiger partial charge in [0.05, 0.1) is 12.1 Å². The first-order valence-electron chi connectivity index (χ1n) is 8.96. The summed E-state index contributed by atoms with van der Waals surface area (Å²) < 4.78 is 20.2. The zero-order valence-corrected chi connectivity index (χ0v) is 14.9. The van der Waals surface area contributed by atoms with Crippen molar-refractivity contribution in [2.45, 2.75) is 57.0 Å². The summed E-state index contributed by atoms with van der Waals surface area (Å²) in [5.74, 6) is 1.75. The highest BCUT2D eigenvalue weighted by Crippen LogP contribution is 2.64. The van der Waals surface area contributed by atoms with E-state index in [1.54, 1.807) is 25.3 Å². The van der Waals surface area contributed by atoms with Crippen LogP contribution in [0.15, 0.2) is 18.2 Å². The summed E-state index contributed by atoms with van der Waals surface area (Å²) in [6.45, 7) is 0. The predicted molar refractivity (Wildman–Crippen MR) is 92.5 cm³/mol. The number of hydrogen-bond acceptors (Lipinski definition) is 2. The van der Waals surface area contributed by atoms with E-state index in [2.05, 4.69) is 0 Å². The van der Waals surface area contributed by atoms with Crippen molar-refractivity contribution >= 4 is 17.4 Å². The van der Waals surface area contributed by atoms with Crippen molar-refractivity contribution in [3.63, 3.8) is 0 Å². The van der Waals surface area contributed by atoms with E-state index in [0.29, 0.717) is 41.0 Å². The van der Waals surface area contributed by atoms with Gasteiger partial charge in [0.15, 0.2) is 5.78 Å². The molecule has 1 aromatic rings. The van der Waals surface area contributed by atoms with Crippen LogP contribution in [0.2, 0.25) is 5.02 Å². The van der Waals surface area contributed by atoms with Gasteiger partial charge in [0.1, 0.15) is 11.4 Å². The molecule has 0 heterocycles. The van der Waals surface area contributed by atoms with Gasteiger partial charge in [-0.1, -0.05) is 11.6 Å². The van der Waals surface area contributed by atoms with E-state index in [0.717, 1.165) is 32.1 Å². The molecule has 1 aromatic carbocycles. The number of carbonyl (C=O) groups excluding carboxylic acids is 1. The van der Waals surface area contributed by atoms with Crippen LogP contribution in [0.25, 0.3) is 0 Å². The lowest BCUT2D eigenvalue weighted by atomic mass is 9.47. The number of halogens is 2. The molecule has 130 valence electrons. The monoisotopic (exact) mass is 350 g/mol. The zero-order valence-electron chi connectivity index (χ0n) is 14.1. The highest BCUT2D eigenvalue weighted by atomic mass is 35.5. The normalized spacial score (nSPS) is 36.8. The fraction of sp³-hybridized carbons (Fsp3) is 0.650. The highest BCUT2D eigenvalue weighted by Gasteiger charge is 2.57. The average Bonchev–Trinajstić information content (AvgIpc) is 2.51. The van der Waals surface area contributed by atoms with Gasteiger partial charge < -0.3 is 4.74 Å². The molecular formula is C20H24ClFO2. The van der Waals surface area contributed by atoms with Crippen LogP contribution in [-0.4, -0.2) is 18.6 Å². The third-order valence-corrected chi connectivity index (χ3v) is 6.80. The Morgan fingerprint density at radius 3 is 2.62 bits per heavy atom. The lowest BCUT2D eigenvalue weighted by Crippen LogP contribution is -2.53.